The van der Waals surface area contributed by atoms with E-state index in [1.807, 2.05) is 0 Å². The third-order valence-corrected chi connectivity index (χ3v) is 17.7. The van der Waals surface area contributed by atoms with Crippen molar-refractivity contribution in [1.29, 1.82) is 0 Å². The van der Waals surface area contributed by atoms with Gasteiger partial charge >= 0.3 is 0 Å². The summed E-state index contributed by atoms with van der Waals surface area (Å²) >= 11 is 0. The Balaban J connectivity index is 0.922. The van der Waals surface area contributed by atoms with E-state index in [9.17, 15) is 51.1 Å². The summed E-state index contributed by atoms with van der Waals surface area (Å²) in [6.07, 6.45) is -13.8. The molecule has 26 atom stereocenters. The third kappa shape index (κ3) is 7.81. The Labute approximate surface area is 368 Å². The van der Waals surface area contributed by atoms with Crippen molar-refractivity contribution in [2.75, 3.05) is 26.4 Å². The van der Waals surface area contributed by atoms with Gasteiger partial charge in [0.1, 0.15) is 73.2 Å². The molecule has 3 saturated carbocycles. The summed E-state index contributed by atoms with van der Waals surface area (Å²) in [5, 5.41) is 106. The molecule has 9 aliphatic rings. The lowest BCUT2D eigenvalue weighted by atomic mass is 9.47. The molecule has 26 unspecified atom stereocenters. The van der Waals surface area contributed by atoms with Crippen molar-refractivity contribution in [3.63, 3.8) is 0 Å². The van der Waals surface area contributed by atoms with Gasteiger partial charge in [-0.25, -0.2) is 0 Å². The molecule has 18 heteroatoms. The fraction of sp³-hybridized carbons (Fsp3) is 0.956. The van der Waals surface area contributed by atoms with Crippen LogP contribution in [0, 0.1) is 46.3 Å². The largest absolute Gasteiger partial charge is 0.394 e. The summed E-state index contributed by atoms with van der Waals surface area (Å²) < 4.78 is 49.7. The molecule has 1 spiro atoms. The van der Waals surface area contributed by atoms with Crippen LogP contribution >= 0.6 is 0 Å². The first-order chi connectivity index (χ1) is 30.0. The highest BCUT2D eigenvalue weighted by atomic mass is 16.8. The van der Waals surface area contributed by atoms with Gasteiger partial charge in [-0.3, -0.25) is 0 Å². The first-order valence-corrected chi connectivity index (χ1v) is 23.5. The third-order valence-electron chi connectivity index (χ3n) is 17.7. The van der Waals surface area contributed by atoms with Crippen LogP contribution in [0.25, 0.3) is 0 Å². The monoisotopic (exact) mass is 900 g/mol. The van der Waals surface area contributed by atoms with Crippen LogP contribution in [0.15, 0.2) is 11.6 Å². The number of aliphatic hydroxyl groups is 10. The number of aliphatic hydroxyl groups excluding tert-OH is 10. The molecule has 0 aromatic rings. The van der Waals surface area contributed by atoms with Gasteiger partial charge in [-0.15, -0.1) is 0 Å². The lowest BCUT2D eigenvalue weighted by Crippen LogP contribution is -2.67. The lowest BCUT2D eigenvalue weighted by Gasteiger charge is -2.58. The van der Waals surface area contributed by atoms with Crippen LogP contribution in [0.5, 0.6) is 0 Å². The maximum atomic E-state index is 12.0. The molecule has 63 heavy (non-hydrogen) atoms. The fourth-order valence-corrected chi connectivity index (χ4v) is 14.1. The Kier molecular flexibility index (Phi) is 13.3. The number of hydrogen-bond acceptors (Lipinski definition) is 18. The minimum atomic E-state index is -1.84. The van der Waals surface area contributed by atoms with Gasteiger partial charge in [-0.05, 0) is 91.8 Å². The number of hydrogen-bond donors (Lipinski definition) is 10. The molecule has 8 fully saturated rings. The van der Waals surface area contributed by atoms with Gasteiger partial charge in [0.2, 0.25) is 0 Å². The second-order valence-electron chi connectivity index (χ2n) is 21.1. The molecule has 18 nitrogen and oxygen atoms in total. The molecule has 5 aliphatic heterocycles. The topological polar surface area (TPSA) is 276 Å². The Morgan fingerprint density at radius 3 is 1.87 bits per heavy atom. The number of ether oxygens (including phenoxy) is 8. The SMILES string of the molecule is CC1CCC2(OC1)OC1CC3C4CC=C5CC(OC6OC(CO)C(OC7OC(CO)C(O)C(O)C7O)C(O)C6OC6OC(CO)C(O)C(O)C6O)CCC5(C)C4CCC3(C)C1C2C. The molecule has 0 radical (unpaired) electrons. The van der Waals surface area contributed by atoms with Gasteiger partial charge in [0.15, 0.2) is 24.7 Å². The highest BCUT2D eigenvalue weighted by Gasteiger charge is 2.69. The van der Waals surface area contributed by atoms with E-state index in [1.165, 1.54) is 5.57 Å². The Morgan fingerprint density at radius 1 is 0.651 bits per heavy atom. The van der Waals surface area contributed by atoms with E-state index in [0.29, 0.717) is 48.3 Å². The van der Waals surface area contributed by atoms with Gasteiger partial charge in [0.25, 0.3) is 0 Å². The highest BCUT2D eigenvalue weighted by Crippen LogP contribution is 2.70. The van der Waals surface area contributed by atoms with Gasteiger partial charge in [0.05, 0.1) is 38.6 Å². The van der Waals surface area contributed by atoms with E-state index in [2.05, 4.69) is 33.8 Å². The molecular formula is C45H72O18. The van der Waals surface area contributed by atoms with Gasteiger partial charge in [-0.2, -0.15) is 0 Å². The van der Waals surface area contributed by atoms with Crippen molar-refractivity contribution in [2.45, 2.75) is 196 Å². The van der Waals surface area contributed by atoms with Crippen LogP contribution in [-0.2, 0) is 37.9 Å². The van der Waals surface area contributed by atoms with Crippen molar-refractivity contribution in [1.82, 2.24) is 0 Å². The Hall–Kier alpha value is -0.980. The Bertz CT molecular complexity index is 1630. The van der Waals surface area contributed by atoms with E-state index in [-0.39, 0.29) is 16.9 Å². The quantitative estimate of drug-likeness (QED) is 0.127. The number of fused-ring (bicyclic) bond motifs is 7. The second-order valence-corrected chi connectivity index (χ2v) is 21.1. The van der Waals surface area contributed by atoms with Gasteiger partial charge in [0, 0.05) is 12.3 Å². The minimum absolute atomic E-state index is 0.0603. The van der Waals surface area contributed by atoms with Crippen molar-refractivity contribution >= 4 is 0 Å². The molecule has 0 bridgehead atoms. The molecular weight excluding hydrogens is 828 g/mol. The maximum Gasteiger partial charge on any atom is 0.187 e. The molecule has 5 heterocycles. The van der Waals surface area contributed by atoms with Crippen molar-refractivity contribution in [2.24, 2.45) is 46.3 Å². The second kappa shape index (κ2) is 17.8. The van der Waals surface area contributed by atoms with E-state index in [0.717, 1.165) is 51.6 Å². The van der Waals surface area contributed by atoms with E-state index in [4.69, 9.17) is 37.9 Å². The average Bonchev–Trinajstić information content (AvgIpc) is 3.72. The number of allylic oxidation sites excluding steroid dienone is 1. The summed E-state index contributed by atoms with van der Waals surface area (Å²) in [6, 6.07) is 0. The zero-order chi connectivity index (χ0) is 44.9. The first kappa shape index (κ1) is 47.1. The maximum absolute atomic E-state index is 12.0. The van der Waals surface area contributed by atoms with Crippen LogP contribution in [0.2, 0.25) is 0 Å². The Morgan fingerprint density at radius 2 is 1.27 bits per heavy atom. The van der Waals surface area contributed by atoms with Crippen LogP contribution in [-0.4, -0.2) is 188 Å². The summed E-state index contributed by atoms with van der Waals surface area (Å²) in [7, 11) is 0. The van der Waals surface area contributed by atoms with Crippen LogP contribution in [0.4, 0.5) is 0 Å². The van der Waals surface area contributed by atoms with Crippen LogP contribution in [0.1, 0.15) is 85.5 Å². The zero-order valence-corrected chi connectivity index (χ0v) is 36.8. The molecule has 4 aliphatic carbocycles. The molecule has 0 amide bonds. The van der Waals surface area contributed by atoms with Crippen molar-refractivity contribution in [3.8, 4) is 0 Å². The van der Waals surface area contributed by atoms with Gasteiger partial charge < -0.3 is 89.0 Å². The summed E-state index contributed by atoms with van der Waals surface area (Å²) in [6.45, 7) is 8.10. The molecule has 5 saturated heterocycles. The predicted molar refractivity (Wildman–Crippen MR) is 216 cm³/mol. The van der Waals surface area contributed by atoms with E-state index in [1.54, 1.807) is 0 Å². The highest BCUT2D eigenvalue weighted by molar-refractivity contribution is 5.26. The van der Waals surface area contributed by atoms with Crippen LogP contribution < -0.4 is 0 Å². The molecule has 9 rings (SSSR count). The van der Waals surface area contributed by atoms with Gasteiger partial charge in [-0.1, -0.05) is 39.3 Å². The van der Waals surface area contributed by atoms with Crippen molar-refractivity contribution in [3.05, 3.63) is 11.6 Å². The predicted octanol–water partition coefficient (Wildman–Crippen LogP) is -0.813. The molecule has 0 aromatic carbocycles. The van der Waals surface area contributed by atoms with E-state index >= 15 is 0 Å². The average molecular weight is 901 g/mol. The zero-order valence-electron chi connectivity index (χ0n) is 36.8. The smallest absolute Gasteiger partial charge is 0.187 e. The fourth-order valence-electron chi connectivity index (χ4n) is 14.1. The summed E-state index contributed by atoms with van der Waals surface area (Å²) in [4.78, 5) is 0. The molecule has 0 aromatic heterocycles. The van der Waals surface area contributed by atoms with Crippen molar-refractivity contribution < 1.29 is 89.0 Å². The number of rotatable bonds is 9. The lowest BCUT2D eigenvalue weighted by molar-refractivity contribution is -0.391. The van der Waals surface area contributed by atoms with E-state index < -0.39 is 124 Å². The molecule has 10 N–H and O–H groups in total. The van der Waals surface area contributed by atoms with Crippen LogP contribution in [0.3, 0.4) is 0 Å². The minimum Gasteiger partial charge on any atom is -0.394 e. The molecule has 360 valence electrons. The first-order valence-electron chi connectivity index (χ1n) is 23.5. The standard InChI is InChI=1S/C45H72O18/c1-19-7-12-45(56-18-19)20(2)30-26(63-45)14-25-23-6-5-21-13-22(8-10-43(21,3)24(23)9-11-44(25,30)4)57-42-39(62-41-36(54)34(52)32(50)28(16-47)59-41)37(55)38(29(17-48)60-42)61-40-35(53)33(51)31(49)27(15-46)58-40/h5,19-20,22-42,46-55H,6-18H2,1-4H3. The summed E-state index contributed by atoms with van der Waals surface area (Å²) in [5.41, 5.74) is 1.42. The summed E-state index contributed by atoms with van der Waals surface area (Å²) in [5.74, 6) is 2.47. The normalized spacial score (nSPS) is 56.9.